The first-order valence-electron chi connectivity index (χ1n) is 9.45. The van der Waals surface area contributed by atoms with Gasteiger partial charge >= 0.3 is 0 Å². The molecule has 0 saturated heterocycles. The predicted octanol–water partition coefficient (Wildman–Crippen LogP) is 2.67. The fourth-order valence-corrected chi connectivity index (χ4v) is 4.18. The van der Waals surface area contributed by atoms with E-state index in [-0.39, 0.29) is 23.9 Å². The zero-order chi connectivity index (χ0) is 20.1. The van der Waals surface area contributed by atoms with Crippen LogP contribution in [0.4, 0.5) is 8.78 Å². The van der Waals surface area contributed by atoms with Crippen LogP contribution in [0.3, 0.4) is 0 Å². The molecule has 2 aliphatic carbocycles. The van der Waals surface area contributed by atoms with Gasteiger partial charge in [0.25, 0.3) is 5.91 Å². The highest BCUT2D eigenvalue weighted by molar-refractivity contribution is 5.94. The minimum atomic E-state index is -0.727. The van der Waals surface area contributed by atoms with Crippen LogP contribution in [-0.4, -0.2) is 32.4 Å². The normalized spacial score (nSPS) is 20.1. The monoisotopic (exact) mass is 396 g/mol. The third kappa shape index (κ3) is 3.00. The summed E-state index contributed by atoms with van der Waals surface area (Å²) in [6.45, 7) is -0.293. The van der Waals surface area contributed by atoms with Crippen molar-refractivity contribution in [2.45, 2.75) is 24.8 Å². The van der Waals surface area contributed by atoms with Gasteiger partial charge in [0.1, 0.15) is 11.5 Å². The topological polar surface area (TPSA) is 80.0 Å². The van der Waals surface area contributed by atoms with E-state index in [1.807, 2.05) is 0 Å². The van der Waals surface area contributed by atoms with Crippen LogP contribution in [0, 0.1) is 17.6 Å². The molecule has 1 aromatic carbocycles. The van der Waals surface area contributed by atoms with Crippen LogP contribution in [-0.2, 0) is 6.42 Å². The van der Waals surface area contributed by atoms with Crippen LogP contribution in [0.5, 0.6) is 0 Å². The Hall–Kier alpha value is -3.13. The molecule has 1 unspecified atom stereocenters. The van der Waals surface area contributed by atoms with E-state index in [2.05, 4.69) is 15.4 Å². The Labute approximate surface area is 165 Å². The molecule has 0 aliphatic heterocycles. The molecule has 0 spiro atoms. The number of halogens is 2. The molecule has 29 heavy (non-hydrogen) atoms. The number of carbonyl (C=O) groups is 1. The molecule has 2 aromatic heterocycles. The summed E-state index contributed by atoms with van der Waals surface area (Å²) in [7, 11) is 0. The first kappa shape index (κ1) is 17.9. The third-order valence-electron chi connectivity index (χ3n) is 5.69. The van der Waals surface area contributed by atoms with Gasteiger partial charge in [0.2, 0.25) is 0 Å². The fraction of sp³-hybridized carbons (Fsp3) is 0.286. The molecule has 3 aromatic rings. The van der Waals surface area contributed by atoms with Crippen molar-refractivity contribution in [3.8, 4) is 5.69 Å². The lowest BCUT2D eigenvalue weighted by Crippen LogP contribution is -2.31. The summed E-state index contributed by atoms with van der Waals surface area (Å²) >= 11 is 0. The van der Waals surface area contributed by atoms with E-state index in [0.717, 1.165) is 23.7 Å². The average Bonchev–Trinajstić information content (AvgIpc) is 3.23. The molecule has 0 radical (unpaired) electrons. The number of hydrogen-bond acceptors (Lipinski definition) is 4. The summed E-state index contributed by atoms with van der Waals surface area (Å²) in [6, 6.07) is 6.18. The minimum absolute atomic E-state index is 0.125. The second kappa shape index (κ2) is 6.73. The number of fused-ring (bicyclic) bond motifs is 3. The number of nitrogens with one attached hydrogen (secondary N) is 1. The summed E-state index contributed by atoms with van der Waals surface area (Å²) in [5.74, 6) is -1.15. The standard InChI is InChI=1S/C21H18F2N4O2/c22-13-3-4-18(16(23)8-13)27-20-14-6-12(14)7-15(20)19(26-27)21(29)25-17(10-28)11-2-1-5-24-9-11/h1-5,8-9,12,14,17,28H,6-7,10H2,(H,25,29)/t12-,14-,17?/m1/s1. The summed E-state index contributed by atoms with van der Waals surface area (Å²) in [4.78, 5) is 17.0. The average molecular weight is 396 g/mol. The molecule has 0 bridgehead atoms. The van der Waals surface area contributed by atoms with Crippen LogP contribution in [0.1, 0.15) is 45.7 Å². The molecule has 3 atom stereocenters. The van der Waals surface area contributed by atoms with Crippen molar-refractivity contribution >= 4 is 5.91 Å². The maximum atomic E-state index is 14.4. The Morgan fingerprint density at radius 1 is 1.34 bits per heavy atom. The van der Waals surface area contributed by atoms with Gasteiger partial charge in [-0.1, -0.05) is 6.07 Å². The number of rotatable bonds is 5. The maximum absolute atomic E-state index is 14.4. The molecule has 2 heterocycles. The van der Waals surface area contributed by atoms with Crippen LogP contribution in [0.15, 0.2) is 42.7 Å². The number of benzene rings is 1. The van der Waals surface area contributed by atoms with Crippen molar-refractivity contribution in [1.29, 1.82) is 0 Å². The van der Waals surface area contributed by atoms with Gasteiger partial charge in [0, 0.05) is 29.9 Å². The summed E-state index contributed by atoms with van der Waals surface area (Å²) in [5, 5.41) is 16.9. The molecular formula is C21H18F2N4O2. The quantitative estimate of drug-likeness (QED) is 0.695. The Morgan fingerprint density at radius 3 is 2.93 bits per heavy atom. The lowest BCUT2D eigenvalue weighted by atomic mass is 10.1. The molecular weight excluding hydrogens is 378 g/mol. The van der Waals surface area contributed by atoms with E-state index in [9.17, 15) is 18.7 Å². The Kier molecular flexibility index (Phi) is 4.16. The number of carbonyl (C=O) groups excluding carboxylic acids is 1. The maximum Gasteiger partial charge on any atom is 0.272 e. The largest absolute Gasteiger partial charge is 0.394 e. The van der Waals surface area contributed by atoms with Crippen molar-refractivity contribution < 1.29 is 18.7 Å². The van der Waals surface area contributed by atoms with Crippen LogP contribution in [0.2, 0.25) is 0 Å². The highest BCUT2D eigenvalue weighted by atomic mass is 19.1. The van der Waals surface area contributed by atoms with Gasteiger partial charge in [-0.25, -0.2) is 13.5 Å². The van der Waals surface area contributed by atoms with Crippen molar-refractivity contribution in [3.63, 3.8) is 0 Å². The van der Waals surface area contributed by atoms with Gasteiger partial charge in [-0.2, -0.15) is 5.10 Å². The molecule has 148 valence electrons. The Morgan fingerprint density at radius 2 is 2.21 bits per heavy atom. The molecule has 2 aliphatic rings. The first-order chi connectivity index (χ1) is 14.1. The van der Waals surface area contributed by atoms with Gasteiger partial charge in [-0.15, -0.1) is 0 Å². The van der Waals surface area contributed by atoms with E-state index in [4.69, 9.17) is 0 Å². The van der Waals surface area contributed by atoms with E-state index < -0.39 is 23.6 Å². The van der Waals surface area contributed by atoms with Crippen molar-refractivity contribution in [2.24, 2.45) is 5.92 Å². The molecule has 1 amide bonds. The zero-order valence-corrected chi connectivity index (χ0v) is 15.3. The summed E-state index contributed by atoms with van der Waals surface area (Å²) in [5.41, 5.74) is 2.65. The van der Waals surface area contributed by atoms with Gasteiger partial charge in [0.15, 0.2) is 11.5 Å². The van der Waals surface area contributed by atoms with Crippen LogP contribution < -0.4 is 5.32 Å². The van der Waals surface area contributed by atoms with Gasteiger partial charge in [-0.3, -0.25) is 9.78 Å². The molecule has 5 rings (SSSR count). The van der Waals surface area contributed by atoms with Crippen molar-refractivity contribution in [3.05, 3.63) is 76.9 Å². The second-order valence-corrected chi connectivity index (χ2v) is 7.52. The SMILES string of the molecule is O=C(NC(CO)c1cccnc1)c1nn(-c2ccc(F)cc2F)c2c1C[C@H]1C[C@@H]21. The summed E-state index contributed by atoms with van der Waals surface area (Å²) in [6.07, 6.45) is 4.88. The van der Waals surface area contributed by atoms with Crippen molar-refractivity contribution in [2.75, 3.05) is 6.61 Å². The minimum Gasteiger partial charge on any atom is -0.394 e. The number of hydrogen-bond donors (Lipinski definition) is 2. The molecule has 1 fully saturated rings. The van der Waals surface area contributed by atoms with E-state index in [1.54, 1.807) is 24.5 Å². The Balaban J connectivity index is 1.51. The number of amides is 1. The van der Waals surface area contributed by atoms with Gasteiger partial charge in [0.05, 0.1) is 18.3 Å². The second-order valence-electron chi connectivity index (χ2n) is 7.52. The molecule has 1 saturated carbocycles. The third-order valence-corrected chi connectivity index (χ3v) is 5.69. The number of aliphatic hydroxyl groups excluding tert-OH is 1. The molecule has 2 N–H and O–H groups in total. The Bertz CT molecular complexity index is 1100. The number of aromatic nitrogens is 3. The number of nitrogens with zero attached hydrogens (tertiary/aromatic N) is 3. The van der Waals surface area contributed by atoms with Crippen LogP contribution in [0.25, 0.3) is 5.69 Å². The fourth-order valence-electron chi connectivity index (χ4n) is 4.18. The number of aliphatic hydroxyl groups is 1. The van der Waals surface area contributed by atoms with Crippen molar-refractivity contribution in [1.82, 2.24) is 20.1 Å². The zero-order valence-electron chi connectivity index (χ0n) is 15.3. The molecule has 8 heteroatoms. The van der Waals surface area contributed by atoms with E-state index >= 15 is 0 Å². The summed E-state index contributed by atoms with van der Waals surface area (Å²) < 4.78 is 29.2. The highest BCUT2D eigenvalue weighted by Gasteiger charge is 2.50. The predicted molar refractivity (Wildman–Crippen MR) is 99.6 cm³/mol. The first-order valence-corrected chi connectivity index (χ1v) is 9.45. The lowest BCUT2D eigenvalue weighted by molar-refractivity contribution is 0.0909. The van der Waals surface area contributed by atoms with Gasteiger partial charge in [-0.05, 0) is 42.5 Å². The lowest BCUT2D eigenvalue weighted by Gasteiger charge is -2.16. The smallest absolute Gasteiger partial charge is 0.272 e. The highest BCUT2D eigenvalue weighted by Crippen LogP contribution is 2.57. The number of pyridine rings is 1. The van der Waals surface area contributed by atoms with Crippen LogP contribution >= 0.6 is 0 Å². The van der Waals surface area contributed by atoms with Gasteiger partial charge < -0.3 is 10.4 Å². The van der Waals surface area contributed by atoms with E-state index in [1.165, 1.54) is 16.8 Å². The van der Waals surface area contributed by atoms with E-state index in [0.29, 0.717) is 17.9 Å². The molecule has 6 nitrogen and oxygen atoms in total.